The van der Waals surface area contributed by atoms with E-state index in [1.165, 1.54) is 12.1 Å². The van der Waals surface area contributed by atoms with Crippen molar-refractivity contribution in [2.45, 2.75) is 25.0 Å². The molecule has 0 unspecified atom stereocenters. The van der Waals surface area contributed by atoms with Crippen LogP contribution in [0.1, 0.15) is 25.0 Å². The Hall–Kier alpha value is -2.48. The van der Waals surface area contributed by atoms with Crippen LogP contribution in [-0.4, -0.2) is 19.5 Å². The first-order chi connectivity index (χ1) is 12.0. The number of hydrogen-bond acceptors (Lipinski definition) is 4. The van der Waals surface area contributed by atoms with Crippen LogP contribution in [0.15, 0.2) is 54.6 Å². The van der Waals surface area contributed by atoms with Crippen molar-refractivity contribution in [1.29, 1.82) is 0 Å². The van der Waals surface area contributed by atoms with E-state index in [2.05, 4.69) is 4.18 Å². The fourth-order valence-corrected chi connectivity index (χ4v) is 3.08. The first-order valence-electron chi connectivity index (χ1n) is 7.61. The minimum atomic E-state index is -5.74. The molecule has 138 valence electrons. The quantitative estimate of drug-likeness (QED) is 0.577. The number of ether oxygens (including phenoxy) is 1. The molecule has 3 rings (SSSR count). The smallest absolute Gasteiger partial charge is 0.483 e. The summed E-state index contributed by atoms with van der Waals surface area (Å²) in [5.74, 6) is -0.225. The molecule has 0 radical (unpaired) electrons. The van der Waals surface area contributed by atoms with E-state index < -0.39 is 27.0 Å². The zero-order valence-corrected chi connectivity index (χ0v) is 14.7. The molecule has 0 spiro atoms. The van der Waals surface area contributed by atoms with Crippen molar-refractivity contribution < 1.29 is 30.5 Å². The second kappa shape index (κ2) is 6.05. The first kappa shape index (κ1) is 18.3. The summed E-state index contributed by atoms with van der Waals surface area (Å²) >= 11 is 0. The lowest BCUT2D eigenvalue weighted by Crippen LogP contribution is -2.30. The van der Waals surface area contributed by atoms with Gasteiger partial charge in [0.2, 0.25) is 0 Å². The van der Waals surface area contributed by atoms with Crippen LogP contribution in [-0.2, 0) is 10.1 Å². The highest BCUT2D eigenvalue weighted by Crippen LogP contribution is 2.41. The summed E-state index contributed by atoms with van der Waals surface area (Å²) in [5, 5.41) is 0. The average Bonchev–Trinajstić information content (AvgIpc) is 2.52. The standard InChI is InChI=1S/C18H15F3O4S/c1-17(2)11-15(12-6-4-3-5-7-12)14-9-8-13(10-16(14)24-17)25-26(22,23)18(19,20)21/h3-11H,1-2H3. The molecule has 1 aliphatic heterocycles. The number of halogens is 3. The minimum Gasteiger partial charge on any atom is -0.483 e. The highest BCUT2D eigenvalue weighted by atomic mass is 32.2. The predicted molar refractivity (Wildman–Crippen MR) is 90.3 cm³/mol. The molecule has 0 fully saturated rings. The SMILES string of the molecule is CC1(C)C=C(c2ccccc2)c2ccc(OS(=O)(=O)C(F)(F)F)cc2O1. The summed E-state index contributed by atoms with van der Waals surface area (Å²) in [6.45, 7) is 3.58. The highest BCUT2D eigenvalue weighted by Gasteiger charge is 2.48. The van der Waals surface area contributed by atoms with Crippen LogP contribution in [0, 0.1) is 0 Å². The summed E-state index contributed by atoms with van der Waals surface area (Å²) in [4.78, 5) is 0. The molecule has 0 N–H and O–H groups in total. The Labute approximate surface area is 149 Å². The van der Waals surface area contributed by atoms with E-state index in [1.807, 2.05) is 36.4 Å². The van der Waals surface area contributed by atoms with Crippen molar-refractivity contribution >= 4 is 15.7 Å². The van der Waals surface area contributed by atoms with Crippen LogP contribution < -0.4 is 8.92 Å². The molecule has 8 heteroatoms. The maximum atomic E-state index is 12.5. The topological polar surface area (TPSA) is 52.6 Å². The van der Waals surface area contributed by atoms with Gasteiger partial charge >= 0.3 is 15.6 Å². The Balaban J connectivity index is 2.04. The third-order valence-corrected chi connectivity index (χ3v) is 4.66. The van der Waals surface area contributed by atoms with Crippen LogP contribution in [0.5, 0.6) is 11.5 Å². The molecule has 0 saturated carbocycles. The molecule has 2 aromatic rings. The van der Waals surface area contributed by atoms with Gasteiger partial charge in [0.15, 0.2) is 0 Å². The molecular formula is C18H15F3O4S. The van der Waals surface area contributed by atoms with Gasteiger partial charge in [-0.2, -0.15) is 21.6 Å². The molecule has 0 saturated heterocycles. The van der Waals surface area contributed by atoms with Crippen molar-refractivity contribution in [3.05, 3.63) is 65.7 Å². The zero-order valence-electron chi connectivity index (χ0n) is 13.9. The molecule has 0 bridgehead atoms. The van der Waals surface area contributed by atoms with E-state index in [1.54, 1.807) is 13.8 Å². The molecule has 0 amide bonds. The summed E-state index contributed by atoms with van der Waals surface area (Å²) in [5.41, 5.74) is -3.87. The number of fused-ring (bicyclic) bond motifs is 1. The second-order valence-corrected chi connectivity index (χ2v) is 7.81. The van der Waals surface area contributed by atoms with Crippen molar-refractivity contribution in [3.8, 4) is 11.5 Å². The number of hydrogen-bond donors (Lipinski definition) is 0. The second-order valence-electron chi connectivity index (χ2n) is 6.27. The van der Waals surface area contributed by atoms with Crippen LogP contribution in [0.25, 0.3) is 5.57 Å². The van der Waals surface area contributed by atoms with Crippen molar-refractivity contribution in [3.63, 3.8) is 0 Å². The Bertz CT molecular complexity index is 962. The fourth-order valence-electron chi connectivity index (χ4n) is 2.63. The third kappa shape index (κ3) is 3.55. The lowest BCUT2D eigenvalue weighted by molar-refractivity contribution is -0.0500. The maximum Gasteiger partial charge on any atom is 0.534 e. The van der Waals surface area contributed by atoms with Gasteiger partial charge < -0.3 is 8.92 Å². The van der Waals surface area contributed by atoms with Crippen LogP contribution in [0.2, 0.25) is 0 Å². The van der Waals surface area contributed by atoms with Gasteiger partial charge in [0.25, 0.3) is 0 Å². The highest BCUT2D eigenvalue weighted by molar-refractivity contribution is 7.88. The van der Waals surface area contributed by atoms with Gasteiger partial charge in [-0.05, 0) is 43.2 Å². The zero-order chi connectivity index (χ0) is 19.2. The van der Waals surface area contributed by atoms with Gasteiger partial charge in [0, 0.05) is 11.6 Å². The van der Waals surface area contributed by atoms with Crippen molar-refractivity contribution in [2.24, 2.45) is 0 Å². The maximum absolute atomic E-state index is 12.5. The van der Waals surface area contributed by atoms with E-state index in [0.717, 1.165) is 17.2 Å². The largest absolute Gasteiger partial charge is 0.534 e. The average molecular weight is 384 g/mol. The van der Waals surface area contributed by atoms with Gasteiger partial charge in [0.1, 0.15) is 17.1 Å². The minimum absolute atomic E-state index is 0.242. The number of rotatable bonds is 3. The number of alkyl halides is 3. The molecule has 26 heavy (non-hydrogen) atoms. The van der Waals surface area contributed by atoms with Crippen molar-refractivity contribution in [2.75, 3.05) is 0 Å². The van der Waals surface area contributed by atoms with Gasteiger partial charge in [-0.15, -0.1) is 0 Å². The predicted octanol–water partition coefficient (Wildman–Crippen LogP) is 4.52. The Kier molecular flexibility index (Phi) is 4.26. The monoisotopic (exact) mass is 384 g/mol. The first-order valence-corrected chi connectivity index (χ1v) is 9.02. The summed E-state index contributed by atoms with van der Waals surface area (Å²) in [6, 6.07) is 13.2. The van der Waals surface area contributed by atoms with E-state index in [4.69, 9.17) is 4.74 Å². The molecule has 0 atom stereocenters. The normalized spacial score (nSPS) is 16.3. The van der Waals surface area contributed by atoms with E-state index in [-0.39, 0.29) is 5.75 Å². The van der Waals surface area contributed by atoms with Crippen LogP contribution >= 0.6 is 0 Å². The molecule has 1 heterocycles. The Morgan fingerprint density at radius 1 is 1.04 bits per heavy atom. The van der Waals surface area contributed by atoms with Crippen molar-refractivity contribution in [1.82, 2.24) is 0 Å². The summed E-state index contributed by atoms with van der Waals surface area (Å²) in [7, 11) is -5.74. The summed E-state index contributed by atoms with van der Waals surface area (Å²) < 4.78 is 69.9. The third-order valence-electron chi connectivity index (χ3n) is 3.68. The molecule has 2 aromatic carbocycles. The van der Waals surface area contributed by atoms with Crippen LogP contribution in [0.3, 0.4) is 0 Å². The number of benzene rings is 2. The van der Waals surface area contributed by atoms with Gasteiger partial charge in [-0.3, -0.25) is 0 Å². The van der Waals surface area contributed by atoms with E-state index in [0.29, 0.717) is 5.56 Å². The van der Waals surface area contributed by atoms with Gasteiger partial charge in [-0.25, -0.2) is 0 Å². The summed E-state index contributed by atoms with van der Waals surface area (Å²) in [6.07, 6.45) is 1.90. The molecule has 0 aliphatic carbocycles. The van der Waals surface area contributed by atoms with Gasteiger partial charge in [-0.1, -0.05) is 30.3 Å². The lowest BCUT2D eigenvalue weighted by atomic mass is 9.90. The van der Waals surface area contributed by atoms with Gasteiger partial charge in [0.05, 0.1) is 0 Å². The molecular weight excluding hydrogens is 369 g/mol. The molecule has 0 aromatic heterocycles. The fraction of sp³-hybridized carbons (Fsp3) is 0.222. The van der Waals surface area contributed by atoms with E-state index >= 15 is 0 Å². The van der Waals surface area contributed by atoms with E-state index in [9.17, 15) is 21.6 Å². The van der Waals surface area contributed by atoms with Crippen LogP contribution in [0.4, 0.5) is 13.2 Å². The Morgan fingerprint density at radius 2 is 1.69 bits per heavy atom. The molecule has 4 nitrogen and oxygen atoms in total. The molecule has 1 aliphatic rings. The Morgan fingerprint density at radius 3 is 2.31 bits per heavy atom. The lowest BCUT2D eigenvalue weighted by Gasteiger charge is -2.31.